The van der Waals surface area contributed by atoms with Crippen LogP contribution in [0, 0.1) is 6.92 Å². The van der Waals surface area contributed by atoms with E-state index in [4.69, 9.17) is 16.3 Å². The molecule has 3 aromatic rings. The Kier molecular flexibility index (Phi) is 5.91. The van der Waals surface area contributed by atoms with Crippen LogP contribution < -0.4 is 10.6 Å². The standard InChI is InChI=1S/C21H18ClN3O3/c1-13-16(22)7-5-9-17(13)25-20(26)14-10-11-19(23-12-14)24-18-8-4-3-6-15(18)21(27)28-2/h3-12H,1-2H3,(H,23,24)(H,25,26). The molecule has 0 saturated heterocycles. The van der Waals surface area contributed by atoms with Crippen LogP contribution in [0.15, 0.2) is 60.8 Å². The third-order valence-corrected chi connectivity index (χ3v) is 4.55. The lowest BCUT2D eigenvalue weighted by atomic mass is 10.1. The number of hydrogen-bond donors (Lipinski definition) is 2. The van der Waals surface area contributed by atoms with Gasteiger partial charge in [0, 0.05) is 16.9 Å². The lowest BCUT2D eigenvalue weighted by Crippen LogP contribution is -2.13. The third kappa shape index (κ3) is 4.29. The minimum absolute atomic E-state index is 0.292. The smallest absolute Gasteiger partial charge is 0.339 e. The molecular formula is C21H18ClN3O3. The Morgan fingerprint density at radius 3 is 2.46 bits per heavy atom. The summed E-state index contributed by atoms with van der Waals surface area (Å²) in [4.78, 5) is 28.6. The summed E-state index contributed by atoms with van der Waals surface area (Å²) in [5.41, 5.74) is 2.79. The van der Waals surface area contributed by atoms with Crippen molar-refractivity contribution in [1.82, 2.24) is 4.98 Å². The number of hydrogen-bond acceptors (Lipinski definition) is 5. The largest absolute Gasteiger partial charge is 0.465 e. The number of benzene rings is 2. The van der Waals surface area contributed by atoms with E-state index in [9.17, 15) is 9.59 Å². The number of nitrogens with zero attached hydrogens (tertiary/aromatic N) is 1. The van der Waals surface area contributed by atoms with Crippen molar-refractivity contribution in [2.45, 2.75) is 6.92 Å². The Morgan fingerprint density at radius 1 is 1.00 bits per heavy atom. The molecule has 6 nitrogen and oxygen atoms in total. The molecule has 0 spiro atoms. The first-order valence-electron chi connectivity index (χ1n) is 8.46. The molecule has 2 aromatic carbocycles. The van der Waals surface area contributed by atoms with Gasteiger partial charge in [-0.25, -0.2) is 9.78 Å². The van der Waals surface area contributed by atoms with Gasteiger partial charge in [0.2, 0.25) is 0 Å². The number of para-hydroxylation sites is 1. The van der Waals surface area contributed by atoms with Crippen LogP contribution in [0.4, 0.5) is 17.2 Å². The number of rotatable bonds is 5. The van der Waals surface area contributed by atoms with Crippen molar-refractivity contribution < 1.29 is 14.3 Å². The molecule has 0 aliphatic rings. The van der Waals surface area contributed by atoms with Gasteiger partial charge in [0.1, 0.15) is 5.82 Å². The van der Waals surface area contributed by atoms with Crippen molar-refractivity contribution in [3.05, 3.63) is 82.5 Å². The summed E-state index contributed by atoms with van der Waals surface area (Å²) in [6.07, 6.45) is 1.46. The second kappa shape index (κ2) is 8.54. The molecule has 0 saturated carbocycles. The van der Waals surface area contributed by atoms with Crippen LogP contribution in [0.3, 0.4) is 0 Å². The van der Waals surface area contributed by atoms with Crippen molar-refractivity contribution in [3.8, 4) is 0 Å². The summed E-state index contributed by atoms with van der Waals surface area (Å²) < 4.78 is 4.78. The fourth-order valence-electron chi connectivity index (χ4n) is 2.56. The number of esters is 1. The quantitative estimate of drug-likeness (QED) is 0.605. The summed E-state index contributed by atoms with van der Waals surface area (Å²) in [5, 5.41) is 6.47. The van der Waals surface area contributed by atoms with Gasteiger partial charge in [-0.05, 0) is 48.9 Å². The monoisotopic (exact) mass is 395 g/mol. The summed E-state index contributed by atoms with van der Waals surface area (Å²) >= 11 is 6.08. The first-order chi connectivity index (χ1) is 13.5. The number of amides is 1. The number of pyridine rings is 1. The Labute approximate surface area is 167 Å². The number of aromatic nitrogens is 1. The van der Waals surface area contributed by atoms with Gasteiger partial charge in [-0.1, -0.05) is 29.8 Å². The van der Waals surface area contributed by atoms with Gasteiger partial charge >= 0.3 is 5.97 Å². The Morgan fingerprint density at radius 2 is 1.75 bits per heavy atom. The summed E-state index contributed by atoms with van der Waals surface area (Å²) in [6.45, 7) is 1.84. The van der Waals surface area contributed by atoms with Crippen LogP contribution >= 0.6 is 11.6 Å². The van der Waals surface area contributed by atoms with Crippen LogP contribution in [0.25, 0.3) is 0 Å². The highest BCUT2D eigenvalue weighted by molar-refractivity contribution is 6.31. The maximum absolute atomic E-state index is 12.5. The molecule has 1 amide bonds. The lowest BCUT2D eigenvalue weighted by Gasteiger charge is -2.11. The highest BCUT2D eigenvalue weighted by Crippen LogP contribution is 2.24. The zero-order valence-electron chi connectivity index (χ0n) is 15.3. The Bertz CT molecular complexity index is 1020. The molecule has 0 fully saturated rings. The van der Waals surface area contributed by atoms with Crippen LogP contribution in [-0.4, -0.2) is 24.0 Å². The molecule has 3 rings (SSSR count). The molecule has 2 N–H and O–H groups in total. The number of carbonyl (C=O) groups excluding carboxylic acids is 2. The second-order valence-electron chi connectivity index (χ2n) is 5.96. The Hall–Kier alpha value is -3.38. The van der Waals surface area contributed by atoms with Crippen molar-refractivity contribution >= 4 is 40.7 Å². The predicted molar refractivity (Wildman–Crippen MR) is 109 cm³/mol. The van der Waals surface area contributed by atoms with Gasteiger partial charge in [0.25, 0.3) is 5.91 Å². The first kappa shape index (κ1) is 19.4. The molecule has 28 heavy (non-hydrogen) atoms. The highest BCUT2D eigenvalue weighted by Gasteiger charge is 2.13. The fourth-order valence-corrected chi connectivity index (χ4v) is 2.73. The fraction of sp³-hybridized carbons (Fsp3) is 0.0952. The maximum Gasteiger partial charge on any atom is 0.339 e. The van der Waals surface area contributed by atoms with E-state index in [1.165, 1.54) is 13.3 Å². The van der Waals surface area contributed by atoms with Crippen molar-refractivity contribution in [2.75, 3.05) is 17.7 Å². The minimum Gasteiger partial charge on any atom is -0.465 e. The third-order valence-electron chi connectivity index (χ3n) is 4.14. The van der Waals surface area contributed by atoms with Gasteiger partial charge in [0.05, 0.1) is 23.9 Å². The lowest BCUT2D eigenvalue weighted by molar-refractivity contribution is 0.0601. The average Bonchev–Trinajstić information content (AvgIpc) is 2.71. The SMILES string of the molecule is COC(=O)c1ccccc1Nc1ccc(C(=O)Nc2cccc(Cl)c2C)cn1. The number of ether oxygens (including phenoxy) is 1. The van der Waals surface area contributed by atoms with E-state index in [2.05, 4.69) is 15.6 Å². The van der Waals surface area contributed by atoms with E-state index in [1.54, 1.807) is 54.6 Å². The Balaban J connectivity index is 1.74. The van der Waals surface area contributed by atoms with Crippen LogP contribution in [0.5, 0.6) is 0 Å². The topological polar surface area (TPSA) is 80.3 Å². The molecule has 0 atom stereocenters. The molecular weight excluding hydrogens is 378 g/mol. The number of carbonyl (C=O) groups is 2. The van der Waals surface area contributed by atoms with Crippen LogP contribution in [0.2, 0.25) is 5.02 Å². The molecule has 0 unspecified atom stereocenters. The predicted octanol–water partition coefficient (Wildman–Crippen LogP) is 4.83. The van der Waals surface area contributed by atoms with Gasteiger partial charge in [0.15, 0.2) is 0 Å². The normalized spacial score (nSPS) is 10.2. The van der Waals surface area contributed by atoms with E-state index in [-0.39, 0.29) is 5.91 Å². The van der Waals surface area contributed by atoms with E-state index < -0.39 is 5.97 Å². The number of nitrogens with one attached hydrogen (secondary N) is 2. The number of halogens is 1. The zero-order valence-corrected chi connectivity index (χ0v) is 16.1. The van der Waals surface area contributed by atoms with Gasteiger partial charge in [-0.3, -0.25) is 4.79 Å². The average molecular weight is 396 g/mol. The summed E-state index contributed by atoms with van der Waals surface area (Å²) in [6, 6.07) is 15.6. The van der Waals surface area contributed by atoms with Crippen molar-refractivity contribution in [1.29, 1.82) is 0 Å². The molecule has 0 radical (unpaired) electrons. The molecule has 1 aromatic heterocycles. The van der Waals surface area contributed by atoms with Gasteiger partial charge in [-0.2, -0.15) is 0 Å². The molecule has 0 bridgehead atoms. The summed E-state index contributed by atoms with van der Waals surface area (Å²) in [5.74, 6) is -0.248. The number of methoxy groups -OCH3 is 1. The zero-order chi connectivity index (χ0) is 20.1. The molecule has 142 valence electrons. The van der Waals surface area contributed by atoms with Crippen molar-refractivity contribution in [2.24, 2.45) is 0 Å². The second-order valence-corrected chi connectivity index (χ2v) is 6.37. The van der Waals surface area contributed by atoms with E-state index in [0.717, 1.165) is 5.56 Å². The van der Waals surface area contributed by atoms with Gasteiger partial charge < -0.3 is 15.4 Å². The van der Waals surface area contributed by atoms with Gasteiger partial charge in [-0.15, -0.1) is 0 Å². The maximum atomic E-state index is 12.5. The molecule has 7 heteroatoms. The first-order valence-corrected chi connectivity index (χ1v) is 8.84. The van der Waals surface area contributed by atoms with E-state index in [1.807, 2.05) is 6.92 Å². The van der Waals surface area contributed by atoms with Crippen LogP contribution in [-0.2, 0) is 4.74 Å². The molecule has 0 aliphatic heterocycles. The molecule has 1 heterocycles. The minimum atomic E-state index is -0.448. The van der Waals surface area contributed by atoms with E-state index in [0.29, 0.717) is 33.3 Å². The summed E-state index contributed by atoms with van der Waals surface area (Å²) in [7, 11) is 1.33. The van der Waals surface area contributed by atoms with E-state index >= 15 is 0 Å². The highest BCUT2D eigenvalue weighted by atomic mass is 35.5. The number of anilines is 3. The van der Waals surface area contributed by atoms with Crippen LogP contribution in [0.1, 0.15) is 26.3 Å². The molecule has 0 aliphatic carbocycles. The van der Waals surface area contributed by atoms with Crippen molar-refractivity contribution in [3.63, 3.8) is 0 Å².